The third kappa shape index (κ3) is 30.2. The summed E-state index contributed by atoms with van der Waals surface area (Å²) in [6.45, 7) is 3.73. The van der Waals surface area contributed by atoms with Crippen molar-refractivity contribution in [3.05, 3.63) is 24.3 Å². The summed E-state index contributed by atoms with van der Waals surface area (Å²) in [5.74, 6) is -1.98. The highest BCUT2D eigenvalue weighted by Crippen LogP contribution is 2.24. The van der Waals surface area contributed by atoms with Gasteiger partial charge < -0.3 is 34.3 Å². The fraction of sp³-hybridized carbons (Fsp3) is 0.867. The van der Waals surface area contributed by atoms with Crippen molar-refractivity contribution in [3.63, 3.8) is 0 Å². The minimum atomic E-state index is -4.60. The van der Waals surface area contributed by atoms with Gasteiger partial charge in [-0.1, -0.05) is 160 Å². The van der Waals surface area contributed by atoms with Crippen LogP contribution in [0.2, 0.25) is 0 Å². The van der Waals surface area contributed by atoms with E-state index in [1.54, 1.807) is 0 Å². The predicted molar refractivity (Wildman–Crippen MR) is 229 cm³/mol. The van der Waals surface area contributed by atoms with Crippen LogP contribution in [0, 0.1) is 0 Å². The van der Waals surface area contributed by atoms with Crippen molar-refractivity contribution in [2.75, 3.05) is 19.0 Å². The highest BCUT2D eigenvalue weighted by atomic mass is 32.2. The fourth-order valence-electron chi connectivity index (χ4n) is 6.94. The molecule has 1 saturated heterocycles. The topological polar surface area (TPSA) is 186 Å². The van der Waals surface area contributed by atoms with Crippen LogP contribution in [0.5, 0.6) is 0 Å². The summed E-state index contributed by atoms with van der Waals surface area (Å²) in [5.41, 5.74) is 0. The van der Waals surface area contributed by atoms with Gasteiger partial charge in [0.05, 0.1) is 6.61 Å². The Kier molecular flexibility index (Phi) is 33.5. The van der Waals surface area contributed by atoms with Gasteiger partial charge in [-0.15, -0.1) is 0 Å². The van der Waals surface area contributed by atoms with E-state index in [9.17, 15) is 37.9 Å². The molecule has 0 radical (unpaired) electrons. The highest BCUT2D eigenvalue weighted by Gasteiger charge is 2.46. The van der Waals surface area contributed by atoms with E-state index in [1.165, 1.54) is 103 Å². The molecule has 0 bridgehead atoms. The average Bonchev–Trinajstić information content (AvgIpc) is 3.18. The molecule has 13 heteroatoms. The summed E-state index contributed by atoms with van der Waals surface area (Å²) in [6.07, 6.45) is 29.4. The van der Waals surface area contributed by atoms with Gasteiger partial charge in [0.15, 0.2) is 12.4 Å². The van der Waals surface area contributed by atoms with E-state index in [0.717, 1.165) is 51.4 Å². The average molecular weight is 847 g/mol. The van der Waals surface area contributed by atoms with E-state index in [-0.39, 0.29) is 19.4 Å². The van der Waals surface area contributed by atoms with Gasteiger partial charge in [-0.05, 0) is 44.9 Å². The van der Waals surface area contributed by atoms with Crippen molar-refractivity contribution in [1.82, 2.24) is 0 Å². The molecular formula is C45H82O12S. The number of unbranched alkanes of at least 4 members (excludes halogenated alkanes) is 22. The lowest BCUT2D eigenvalue weighted by molar-refractivity contribution is -0.297. The molecule has 0 saturated carbocycles. The molecule has 0 spiro atoms. The van der Waals surface area contributed by atoms with Crippen LogP contribution in [-0.4, -0.2) is 96.0 Å². The Labute approximate surface area is 351 Å². The number of carbonyl (C=O) groups excluding carboxylic acids is 2. The first-order chi connectivity index (χ1) is 28.0. The second-order valence-electron chi connectivity index (χ2n) is 16.1. The Morgan fingerprint density at radius 2 is 1.03 bits per heavy atom. The molecule has 0 aromatic rings. The third-order valence-corrected chi connectivity index (χ3v) is 11.3. The second kappa shape index (κ2) is 35.8. The lowest BCUT2D eigenvalue weighted by Gasteiger charge is -2.40. The molecule has 12 nitrogen and oxygen atoms in total. The number of rotatable bonds is 38. The van der Waals surface area contributed by atoms with E-state index in [2.05, 4.69) is 38.2 Å². The molecule has 4 N–H and O–H groups in total. The Morgan fingerprint density at radius 3 is 1.55 bits per heavy atom. The Balaban J connectivity index is 2.42. The van der Waals surface area contributed by atoms with Crippen LogP contribution < -0.4 is 0 Å². The highest BCUT2D eigenvalue weighted by molar-refractivity contribution is 7.85. The molecule has 1 aliphatic heterocycles. The molecule has 1 rings (SSSR count). The summed E-state index contributed by atoms with van der Waals surface area (Å²) >= 11 is 0. The summed E-state index contributed by atoms with van der Waals surface area (Å²) in [4.78, 5) is 25.4. The minimum Gasteiger partial charge on any atom is -0.462 e. The number of aliphatic hydroxyl groups is 3. The van der Waals surface area contributed by atoms with Crippen LogP contribution in [0.4, 0.5) is 0 Å². The van der Waals surface area contributed by atoms with Crippen LogP contribution in [0.1, 0.15) is 194 Å². The molecule has 58 heavy (non-hydrogen) atoms. The first kappa shape index (κ1) is 54.1. The fourth-order valence-corrected chi connectivity index (χ4v) is 7.63. The van der Waals surface area contributed by atoms with Gasteiger partial charge in [-0.25, -0.2) is 0 Å². The van der Waals surface area contributed by atoms with Gasteiger partial charge in [0, 0.05) is 12.8 Å². The van der Waals surface area contributed by atoms with E-state index in [1.807, 2.05) is 0 Å². The zero-order chi connectivity index (χ0) is 42.7. The number of esters is 2. The Morgan fingerprint density at radius 1 is 0.586 bits per heavy atom. The smallest absolute Gasteiger partial charge is 0.306 e. The molecule has 1 heterocycles. The first-order valence-electron chi connectivity index (χ1n) is 22.9. The van der Waals surface area contributed by atoms with Crippen molar-refractivity contribution >= 4 is 22.1 Å². The van der Waals surface area contributed by atoms with Gasteiger partial charge in [0.1, 0.15) is 36.8 Å². The van der Waals surface area contributed by atoms with Gasteiger partial charge in [0.25, 0.3) is 10.1 Å². The van der Waals surface area contributed by atoms with Gasteiger partial charge in [-0.3, -0.25) is 14.1 Å². The summed E-state index contributed by atoms with van der Waals surface area (Å²) < 4.78 is 54.0. The Bertz CT molecular complexity index is 1180. The van der Waals surface area contributed by atoms with E-state index in [0.29, 0.717) is 12.8 Å². The SMILES string of the molecule is CCCCC/C=C/C/C=C/CCCCCCCCCCCC(=O)O[C@H](COC(=O)CCCCCCCCCCCCC)CO[C@H]1O[C@H](CS(=O)(=O)O)[C@@H](O)C(O)C1O. The van der Waals surface area contributed by atoms with Crippen molar-refractivity contribution in [3.8, 4) is 0 Å². The van der Waals surface area contributed by atoms with Crippen LogP contribution in [-0.2, 0) is 38.7 Å². The maximum Gasteiger partial charge on any atom is 0.306 e. The third-order valence-electron chi connectivity index (χ3n) is 10.5. The molecule has 0 aromatic carbocycles. The van der Waals surface area contributed by atoms with Gasteiger partial charge in [0.2, 0.25) is 0 Å². The van der Waals surface area contributed by atoms with Crippen molar-refractivity contribution < 1.29 is 56.8 Å². The minimum absolute atomic E-state index is 0.162. The summed E-state index contributed by atoms with van der Waals surface area (Å²) in [6, 6.07) is 0. The molecular weight excluding hydrogens is 765 g/mol. The Hall–Kier alpha value is -1.87. The van der Waals surface area contributed by atoms with Crippen molar-refractivity contribution in [2.45, 2.75) is 230 Å². The lowest BCUT2D eigenvalue weighted by Crippen LogP contribution is -2.60. The molecule has 340 valence electrons. The maximum absolute atomic E-state index is 12.8. The van der Waals surface area contributed by atoms with Crippen molar-refractivity contribution in [2.24, 2.45) is 0 Å². The molecule has 6 atom stereocenters. The molecule has 1 fully saturated rings. The van der Waals surface area contributed by atoms with Gasteiger partial charge in [-0.2, -0.15) is 8.42 Å². The molecule has 1 aliphatic rings. The lowest BCUT2D eigenvalue weighted by atomic mass is 10.00. The monoisotopic (exact) mass is 847 g/mol. The van der Waals surface area contributed by atoms with Crippen LogP contribution >= 0.6 is 0 Å². The van der Waals surface area contributed by atoms with E-state index in [4.69, 9.17) is 18.9 Å². The number of ether oxygens (including phenoxy) is 4. The van der Waals surface area contributed by atoms with E-state index < -0.39 is 71.2 Å². The predicted octanol–water partition coefficient (Wildman–Crippen LogP) is 9.23. The standard InChI is InChI=1S/C45H82O12S/c1-3-5-7-9-11-13-15-16-17-18-19-20-21-22-24-26-28-30-32-34-41(47)56-38(35-54-40(46)33-31-29-27-25-23-14-12-10-8-6-4-2)36-55-45-44(50)43(49)42(48)39(57-45)37-58(51,52)53/h11,13,16-17,38-39,42-45,48-50H,3-10,12,14-15,18-37H2,1-2H3,(H,51,52,53)/b13-11+,17-16+/t38-,39-,42-,43?,44?,45+/m1/s1. The molecule has 0 aromatic heterocycles. The largest absolute Gasteiger partial charge is 0.462 e. The first-order valence-corrected chi connectivity index (χ1v) is 24.5. The zero-order valence-electron chi connectivity index (χ0n) is 36.2. The number of allylic oxidation sites excluding steroid dienone is 4. The molecule has 2 unspecified atom stereocenters. The van der Waals surface area contributed by atoms with E-state index >= 15 is 0 Å². The number of aliphatic hydroxyl groups excluding tert-OH is 3. The second-order valence-corrected chi connectivity index (χ2v) is 17.6. The van der Waals surface area contributed by atoms with Gasteiger partial charge >= 0.3 is 11.9 Å². The maximum atomic E-state index is 12.8. The quantitative estimate of drug-likeness (QED) is 0.0200. The van der Waals surface area contributed by atoms with Crippen LogP contribution in [0.25, 0.3) is 0 Å². The summed E-state index contributed by atoms with van der Waals surface area (Å²) in [7, 11) is -4.60. The summed E-state index contributed by atoms with van der Waals surface area (Å²) in [5, 5.41) is 30.9. The van der Waals surface area contributed by atoms with Crippen LogP contribution in [0.3, 0.4) is 0 Å². The zero-order valence-corrected chi connectivity index (χ0v) is 37.0. The molecule has 0 amide bonds. The number of hydrogen-bond donors (Lipinski definition) is 4. The van der Waals surface area contributed by atoms with Crippen molar-refractivity contribution in [1.29, 1.82) is 0 Å². The van der Waals surface area contributed by atoms with Crippen LogP contribution in [0.15, 0.2) is 24.3 Å². The number of carbonyl (C=O) groups is 2. The molecule has 0 aliphatic carbocycles. The normalized spacial score (nSPS) is 20.6. The number of hydrogen-bond acceptors (Lipinski definition) is 11.